The van der Waals surface area contributed by atoms with Crippen LogP contribution in [0.25, 0.3) is 0 Å². The molecule has 0 saturated carbocycles. The Morgan fingerprint density at radius 2 is 1.94 bits per heavy atom. The average molecular weight is 258 g/mol. The third kappa shape index (κ3) is 5.39. The molecule has 1 rings (SSSR count). The lowest BCUT2D eigenvalue weighted by atomic mass is 10.2. The molecule has 2 N–H and O–H groups in total. The zero-order chi connectivity index (χ0) is 12.9. The molecule has 0 fully saturated rings. The summed E-state index contributed by atoms with van der Waals surface area (Å²) in [5.74, 6) is 0.773. The molecule has 0 aliphatic heterocycles. The van der Waals surface area contributed by atoms with E-state index in [2.05, 4.69) is 0 Å². The van der Waals surface area contributed by atoms with Crippen LogP contribution in [0, 0.1) is 0 Å². The summed E-state index contributed by atoms with van der Waals surface area (Å²) in [6.07, 6.45) is 0. The van der Waals surface area contributed by atoms with Crippen molar-refractivity contribution in [1.82, 2.24) is 0 Å². The molecule has 96 valence electrons. The van der Waals surface area contributed by atoms with E-state index in [1.54, 1.807) is 6.07 Å². The smallest absolute Gasteiger partial charge is 0.124 e. The molecule has 0 aliphatic carbocycles. The Kier molecular flexibility index (Phi) is 5.25. The van der Waals surface area contributed by atoms with Gasteiger partial charge in [0.05, 0.1) is 12.2 Å². The molecule has 0 amide bonds. The summed E-state index contributed by atoms with van der Waals surface area (Å²) in [4.78, 5) is 0. The highest BCUT2D eigenvalue weighted by atomic mass is 35.5. The topological polar surface area (TPSA) is 44.5 Å². The predicted octanol–water partition coefficient (Wildman–Crippen LogP) is 2.99. The molecular weight excluding hydrogens is 238 g/mol. The molecule has 0 saturated heterocycles. The van der Waals surface area contributed by atoms with Crippen LogP contribution in [0.5, 0.6) is 5.75 Å². The van der Waals surface area contributed by atoms with Gasteiger partial charge in [0.2, 0.25) is 0 Å². The zero-order valence-electron chi connectivity index (χ0n) is 10.6. The molecule has 1 aromatic rings. The second-order valence-corrected chi connectivity index (χ2v) is 5.20. The fourth-order valence-electron chi connectivity index (χ4n) is 1.35. The number of nitrogens with two attached hydrogens (primary N) is 1. The summed E-state index contributed by atoms with van der Waals surface area (Å²) in [5.41, 5.74) is 6.39. The average Bonchev–Trinajstić information content (AvgIpc) is 2.24. The molecule has 17 heavy (non-hydrogen) atoms. The lowest BCUT2D eigenvalue weighted by Crippen LogP contribution is -2.22. The fourth-order valence-corrected chi connectivity index (χ4v) is 1.54. The van der Waals surface area contributed by atoms with E-state index in [1.165, 1.54) is 0 Å². The van der Waals surface area contributed by atoms with Gasteiger partial charge in [-0.3, -0.25) is 0 Å². The molecular formula is C13H20ClNO2. The summed E-state index contributed by atoms with van der Waals surface area (Å²) < 4.78 is 11.2. The molecule has 3 nitrogen and oxygen atoms in total. The van der Waals surface area contributed by atoms with Crippen LogP contribution in [0.2, 0.25) is 5.02 Å². The van der Waals surface area contributed by atoms with Crippen molar-refractivity contribution in [3.63, 3.8) is 0 Å². The van der Waals surface area contributed by atoms with Crippen molar-refractivity contribution in [2.45, 2.75) is 32.9 Å². The molecule has 4 heteroatoms. The van der Waals surface area contributed by atoms with Gasteiger partial charge < -0.3 is 15.2 Å². The van der Waals surface area contributed by atoms with Crippen molar-refractivity contribution in [3.05, 3.63) is 28.8 Å². The van der Waals surface area contributed by atoms with Crippen molar-refractivity contribution in [3.8, 4) is 5.75 Å². The second kappa shape index (κ2) is 6.24. The summed E-state index contributed by atoms with van der Waals surface area (Å²) in [7, 11) is 0. The maximum Gasteiger partial charge on any atom is 0.124 e. The Balaban J connectivity index is 2.46. The van der Waals surface area contributed by atoms with Crippen LogP contribution in [-0.4, -0.2) is 18.8 Å². The van der Waals surface area contributed by atoms with E-state index < -0.39 is 0 Å². The summed E-state index contributed by atoms with van der Waals surface area (Å²) in [6.45, 7) is 7.51. The first-order valence-electron chi connectivity index (χ1n) is 5.67. The van der Waals surface area contributed by atoms with Crippen LogP contribution >= 0.6 is 11.6 Å². The molecule has 0 spiro atoms. The monoisotopic (exact) mass is 257 g/mol. The van der Waals surface area contributed by atoms with Gasteiger partial charge in [-0.05, 0) is 39.0 Å². The highest BCUT2D eigenvalue weighted by Crippen LogP contribution is 2.22. The van der Waals surface area contributed by atoms with E-state index in [9.17, 15) is 0 Å². The molecule has 1 aromatic carbocycles. The Bertz CT molecular complexity index is 361. The third-order valence-electron chi connectivity index (χ3n) is 2.12. The molecule has 0 aromatic heterocycles. The highest BCUT2D eigenvalue weighted by Gasteiger charge is 2.09. The number of ether oxygens (including phenoxy) is 2. The van der Waals surface area contributed by atoms with Gasteiger partial charge in [-0.25, -0.2) is 0 Å². The van der Waals surface area contributed by atoms with Gasteiger partial charge in [0.1, 0.15) is 12.4 Å². The first-order valence-corrected chi connectivity index (χ1v) is 6.05. The van der Waals surface area contributed by atoms with Crippen molar-refractivity contribution in [2.75, 3.05) is 13.2 Å². The summed E-state index contributed by atoms with van der Waals surface area (Å²) in [6, 6.07) is 5.45. The van der Waals surface area contributed by atoms with E-state index in [0.717, 1.165) is 11.3 Å². The van der Waals surface area contributed by atoms with Gasteiger partial charge in [0.25, 0.3) is 0 Å². The van der Waals surface area contributed by atoms with Crippen LogP contribution in [0.4, 0.5) is 0 Å². The van der Waals surface area contributed by atoms with E-state index in [1.807, 2.05) is 32.9 Å². The third-order valence-corrected chi connectivity index (χ3v) is 2.35. The van der Waals surface area contributed by atoms with Crippen molar-refractivity contribution in [2.24, 2.45) is 5.73 Å². The minimum atomic E-state index is -0.139. The first-order chi connectivity index (χ1) is 7.92. The van der Waals surface area contributed by atoms with Gasteiger partial charge in [0.15, 0.2) is 0 Å². The lowest BCUT2D eigenvalue weighted by molar-refractivity contribution is -0.0163. The number of halogens is 1. The van der Waals surface area contributed by atoms with Gasteiger partial charge in [-0.2, -0.15) is 0 Å². The Morgan fingerprint density at radius 3 is 2.53 bits per heavy atom. The first kappa shape index (κ1) is 14.3. The second-order valence-electron chi connectivity index (χ2n) is 4.77. The number of rotatable bonds is 5. The molecule has 0 aliphatic rings. The SMILES string of the molecule is CC(C)(C)OCCOc1ccc(Cl)cc1CN. The minimum Gasteiger partial charge on any atom is -0.491 e. The molecule has 0 unspecified atom stereocenters. The van der Waals surface area contributed by atoms with Crippen LogP contribution in [-0.2, 0) is 11.3 Å². The van der Waals surface area contributed by atoms with Crippen LogP contribution in [0.15, 0.2) is 18.2 Å². The van der Waals surface area contributed by atoms with Gasteiger partial charge in [-0.15, -0.1) is 0 Å². The fraction of sp³-hybridized carbons (Fsp3) is 0.538. The maximum atomic E-state index is 5.88. The van der Waals surface area contributed by atoms with E-state index in [4.69, 9.17) is 26.8 Å². The Labute approximate surface area is 108 Å². The molecule has 0 atom stereocenters. The molecule has 0 radical (unpaired) electrons. The lowest BCUT2D eigenvalue weighted by Gasteiger charge is -2.20. The predicted molar refractivity (Wildman–Crippen MR) is 70.5 cm³/mol. The number of hydrogen-bond donors (Lipinski definition) is 1. The van der Waals surface area contributed by atoms with E-state index >= 15 is 0 Å². The van der Waals surface area contributed by atoms with E-state index in [-0.39, 0.29) is 5.60 Å². The highest BCUT2D eigenvalue weighted by molar-refractivity contribution is 6.30. The maximum absolute atomic E-state index is 5.88. The Hall–Kier alpha value is -0.770. The van der Waals surface area contributed by atoms with Crippen molar-refractivity contribution < 1.29 is 9.47 Å². The van der Waals surface area contributed by atoms with Gasteiger partial charge in [-0.1, -0.05) is 11.6 Å². The summed E-state index contributed by atoms with van der Waals surface area (Å²) >= 11 is 5.88. The Morgan fingerprint density at radius 1 is 1.24 bits per heavy atom. The van der Waals surface area contributed by atoms with Crippen LogP contribution in [0.1, 0.15) is 26.3 Å². The molecule has 0 heterocycles. The number of benzene rings is 1. The largest absolute Gasteiger partial charge is 0.491 e. The van der Waals surface area contributed by atoms with Crippen molar-refractivity contribution in [1.29, 1.82) is 0 Å². The normalized spacial score (nSPS) is 11.6. The molecule has 0 bridgehead atoms. The van der Waals surface area contributed by atoms with E-state index in [0.29, 0.717) is 24.8 Å². The van der Waals surface area contributed by atoms with Gasteiger partial charge in [0, 0.05) is 17.1 Å². The van der Waals surface area contributed by atoms with Crippen molar-refractivity contribution >= 4 is 11.6 Å². The standard InChI is InChI=1S/C13H20ClNO2/c1-13(2,3)17-7-6-16-12-5-4-11(14)8-10(12)9-15/h4-5,8H,6-7,9,15H2,1-3H3. The summed E-state index contributed by atoms with van der Waals surface area (Å²) in [5, 5.41) is 0.670. The minimum absolute atomic E-state index is 0.139. The van der Waals surface area contributed by atoms with Crippen LogP contribution < -0.4 is 10.5 Å². The van der Waals surface area contributed by atoms with Gasteiger partial charge >= 0.3 is 0 Å². The van der Waals surface area contributed by atoms with Crippen LogP contribution in [0.3, 0.4) is 0 Å². The quantitative estimate of drug-likeness (QED) is 0.825. The number of hydrogen-bond acceptors (Lipinski definition) is 3. The zero-order valence-corrected chi connectivity index (χ0v) is 11.4.